The summed E-state index contributed by atoms with van der Waals surface area (Å²) in [7, 11) is 3.29. The predicted molar refractivity (Wildman–Crippen MR) is 92.9 cm³/mol. The lowest BCUT2D eigenvalue weighted by atomic mass is 10.00. The quantitative estimate of drug-likeness (QED) is 0.908. The molecule has 0 bridgehead atoms. The molecule has 1 aliphatic rings. The first-order chi connectivity index (χ1) is 11.9. The highest BCUT2D eigenvalue weighted by Crippen LogP contribution is 2.39. The van der Waals surface area contributed by atoms with Crippen LogP contribution in [-0.4, -0.2) is 49.2 Å². The van der Waals surface area contributed by atoms with Gasteiger partial charge in [0.1, 0.15) is 18.8 Å². The van der Waals surface area contributed by atoms with Crippen molar-refractivity contribution in [2.45, 2.75) is 0 Å². The number of aromatic carboxylic acids is 1. The molecule has 1 aliphatic heterocycles. The minimum Gasteiger partial charge on any atom is -0.486 e. The van der Waals surface area contributed by atoms with E-state index >= 15 is 0 Å². The van der Waals surface area contributed by atoms with Crippen LogP contribution in [0.1, 0.15) is 20.7 Å². The smallest absolute Gasteiger partial charge is 0.339 e. The second-order valence-corrected chi connectivity index (χ2v) is 6.15. The Kier molecular flexibility index (Phi) is 4.55. The van der Waals surface area contributed by atoms with E-state index in [1.165, 1.54) is 11.0 Å². The molecule has 0 aromatic heterocycles. The summed E-state index contributed by atoms with van der Waals surface area (Å²) >= 11 is 6.24. The zero-order chi connectivity index (χ0) is 18.1. The summed E-state index contributed by atoms with van der Waals surface area (Å²) in [6.45, 7) is 0.659. The van der Waals surface area contributed by atoms with E-state index in [0.29, 0.717) is 40.7 Å². The van der Waals surface area contributed by atoms with Crippen LogP contribution >= 0.6 is 11.6 Å². The Morgan fingerprint density at radius 2 is 1.76 bits per heavy atom. The van der Waals surface area contributed by atoms with Gasteiger partial charge in [-0.1, -0.05) is 17.7 Å². The van der Waals surface area contributed by atoms with Crippen LogP contribution < -0.4 is 9.47 Å². The van der Waals surface area contributed by atoms with Crippen molar-refractivity contribution in [2.24, 2.45) is 0 Å². The monoisotopic (exact) mass is 361 g/mol. The van der Waals surface area contributed by atoms with Crippen molar-refractivity contribution in [2.75, 3.05) is 27.3 Å². The van der Waals surface area contributed by atoms with Crippen molar-refractivity contribution < 1.29 is 24.2 Å². The molecule has 130 valence electrons. The van der Waals surface area contributed by atoms with Gasteiger partial charge in [-0.15, -0.1) is 0 Å². The maximum atomic E-state index is 12.1. The van der Waals surface area contributed by atoms with Gasteiger partial charge in [0.25, 0.3) is 5.91 Å². The highest BCUT2D eigenvalue weighted by molar-refractivity contribution is 6.34. The number of fused-ring (bicyclic) bond motifs is 1. The predicted octanol–water partition coefficient (Wildman–Crippen LogP) is 3.18. The number of halogens is 1. The van der Waals surface area contributed by atoms with Crippen LogP contribution in [0.3, 0.4) is 0 Å². The second-order valence-electron chi connectivity index (χ2n) is 5.75. The minimum absolute atomic E-state index is 0.0248. The fourth-order valence-corrected chi connectivity index (χ4v) is 2.85. The Balaban J connectivity index is 2.08. The van der Waals surface area contributed by atoms with Gasteiger partial charge in [0.05, 0.1) is 10.6 Å². The Morgan fingerprint density at radius 1 is 1.04 bits per heavy atom. The Morgan fingerprint density at radius 3 is 2.40 bits per heavy atom. The van der Waals surface area contributed by atoms with Gasteiger partial charge in [0.15, 0.2) is 11.5 Å². The van der Waals surface area contributed by atoms with Crippen LogP contribution in [0, 0.1) is 0 Å². The summed E-state index contributed by atoms with van der Waals surface area (Å²) < 4.78 is 10.9. The van der Waals surface area contributed by atoms with E-state index < -0.39 is 5.97 Å². The number of rotatable bonds is 3. The summed E-state index contributed by atoms with van der Waals surface area (Å²) in [5.41, 5.74) is 1.70. The maximum Gasteiger partial charge on any atom is 0.339 e. The van der Waals surface area contributed by atoms with E-state index in [4.69, 9.17) is 21.1 Å². The SMILES string of the molecule is CN(C)C(=O)c1ccc(-c2cc3c(c(C(=O)O)c2)OCCO3)cc1Cl. The van der Waals surface area contributed by atoms with E-state index in [1.54, 1.807) is 38.4 Å². The molecule has 1 heterocycles. The third-order valence-corrected chi connectivity index (χ3v) is 4.12. The summed E-state index contributed by atoms with van der Waals surface area (Å²) in [6.07, 6.45) is 0. The molecule has 0 fully saturated rings. The van der Waals surface area contributed by atoms with Crippen LogP contribution in [0.5, 0.6) is 11.5 Å². The van der Waals surface area contributed by atoms with Gasteiger partial charge in [-0.05, 0) is 35.4 Å². The van der Waals surface area contributed by atoms with E-state index in [0.717, 1.165) is 0 Å². The number of carbonyl (C=O) groups is 2. The fourth-order valence-electron chi connectivity index (χ4n) is 2.59. The third kappa shape index (κ3) is 3.25. The van der Waals surface area contributed by atoms with Gasteiger partial charge >= 0.3 is 5.97 Å². The van der Waals surface area contributed by atoms with Crippen LogP contribution in [0.15, 0.2) is 30.3 Å². The molecule has 0 spiro atoms. The zero-order valence-corrected chi connectivity index (χ0v) is 14.5. The Labute approximate surface area is 149 Å². The van der Waals surface area contributed by atoms with E-state index in [-0.39, 0.29) is 17.2 Å². The average Bonchev–Trinajstić information content (AvgIpc) is 2.59. The van der Waals surface area contributed by atoms with Crippen LogP contribution in [0.2, 0.25) is 5.02 Å². The fraction of sp³-hybridized carbons (Fsp3) is 0.222. The van der Waals surface area contributed by atoms with Crippen molar-refractivity contribution in [3.63, 3.8) is 0 Å². The third-order valence-electron chi connectivity index (χ3n) is 3.81. The molecule has 1 amide bonds. The number of hydrogen-bond acceptors (Lipinski definition) is 4. The number of nitrogens with zero attached hydrogens (tertiary/aromatic N) is 1. The van der Waals surface area contributed by atoms with Crippen molar-refractivity contribution >= 4 is 23.5 Å². The van der Waals surface area contributed by atoms with Gasteiger partial charge in [-0.25, -0.2) is 4.79 Å². The minimum atomic E-state index is -1.10. The number of ether oxygens (including phenoxy) is 2. The number of hydrogen-bond donors (Lipinski definition) is 1. The molecule has 2 aromatic rings. The topological polar surface area (TPSA) is 76.1 Å². The largest absolute Gasteiger partial charge is 0.486 e. The molecule has 2 aromatic carbocycles. The lowest BCUT2D eigenvalue weighted by Crippen LogP contribution is -2.21. The van der Waals surface area contributed by atoms with Gasteiger partial charge in [0.2, 0.25) is 0 Å². The molecule has 0 radical (unpaired) electrons. The van der Waals surface area contributed by atoms with Crippen LogP contribution in [0.4, 0.5) is 0 Å². The van der Waals surface area contributed by atoms with Crippen molar-refractivity contribution in [1.29, 1.82) is 0 Å². The first-order valence-electron chi connectivity index (χ1n) is 7.57. The van der Waals surface area contributed by atoms with Crippen molar-refractivity contribution in [3.8, 4) is 22.6 Å². The molecule has 0 aliphatic carbocycles. The number of carboxylic acid groups (broad SMARTS) is 1. The molecule has 6 nitrogen and oxygen atoms in total. The lowest BCUT2D eigenvalue weighted by Gasteiger charge is -2.21. The van der Waals surface area contributed by atoms with E-state index in [1.807, 2.05) is 0 Å². The number of carboxylic acids is 1. The normalized spacial score (nSPS) is 12.6. The molecule has 7 heteroatoms. The molecule has 0 saturated heterocycles. The summed E-state index contributed by atoms with van der Waals surface area (Å²) in [5, 5.41) is 9.73. The lowest BCUT2D eigenvalue weighted by molar-refractivity contribution is 0.0685. The molecule has 0 unspecified atom stereocenters. The van der Waals surface area contributed by atoms with Crippen molar-refractivity contribution in [3.05, 3.63) is 46.5 Å². The zero-order valence-electron chi connectivity index (χ0n) is 13.7. The highest BCUT2D eigenvalue weighted by atomic mass is 35.5. The summed E-state index contributed by atoms with van der Waals surface area (Å²) in [6, 6.07) is 8.20. The summed E-state index contributed by atoms with van der Waals surface area (Å²) in [5.74, 6) is -0.697. The first kappa shape index (κ1) is 17.1. The van der Waals surface area contributed by atoms with Crippen LogP contribution in [0.25, 0.3) is 11.1 Å². The molecular weight excluding hydrogens is 346 g/mol. The molecule has 3 rings (SSSR count). The van der Waals surface area contributed by atoms with Crippen LogP contribution in [-0.2, 0) is 0 Å². The molecule has 25 heavy (non-hydrogen) atoms. The van der Waals surface area contributed by atoms with Gasteiger partial charge in [-0.3, -0.25) is 4.79 Å². The Hall–Kier alpha value is -2.73. The number of amides is 1. The number of benzene rings is 2. The second kappa shape index (κ2) is 6.64. The first-order valence-corrected chi connectivity index (χ1v) is 7.95. The Bertz CT molecular complexity index is 863. The summed E-state index contributed by atoms with van der Waals surface area (Å²) in [4.78, 5) is 25.0. The highest BCUT2D eigenvalue weighted by Gasteiger charge is 2.23. The van der Waals surface area contributed by atoms with E-state index in [9.17, 15) is 14.7 Å². The molecule has 0 atom stereocenters. The molecule has 0 saturated carbocycles. The number of carbonyl (C=O) groups excluding carboxylic acids is 1. The van der Waals surface area contributed by atoms with E-state index in [2.05, 4.69) is 0 Å². The van der Waals surface area contributed by atoms with Gasteiger partial charge < -0.3 is 19.5 Å². The average molecular weight is 362 g/mol. The maximum absolute atomic E-state index is 12.1. The van der Waals surface area contributed by atoms with Crippen molar-refractivity contribution in [1.82, 2.24) is 4.90 Å². The van der Waals surface area contributed by atoms with Gasteiger partial charge in [0, 0.05) is 14.1 Å². The molecule has 1 N–H and O–H groups in total. The molecular formula is C18H16ClNO5. The van der Waals surface area contributed by atoms with Gasteiger partial charge in [-0.2, -0.15) is 0 Å². The standard InChI is InChI=1S/C18H16ClNO5/c1-20(2)17(21)12-4-3-10(8-14(12)19)11-7-13(18(22)23)16-15(9-11)24-5-6-25-16/h3-4,7-9H,5-6H2,1-2H3,(H,22,23).